The third-order valence-corrected chi connectivity index (χ3v) is 3.88. The maximum absolute atomic E-state index is 12.6. The van der Waals surface area contributed by atoms with Crippen LogP contribution in [0.5, 0.6) is 0 Å². The van der Waals surface area contributed by atoms with Crippen LogP contribution in [0.2, 0.25) is 0 Å². The maximum Gasteiger partial charge on any atom is 0.291 e. The first-order chi connectivity index (χ1) is 10.7. The molecule has 1 aliphatic rings. The van der Waals surface area contributed by atoms with Gasteiger partial charge >= 0.3 is 0 Å². The summed E-state index contributed by atoms with van der Waals surface area (Å²) in [5.41, 5.74) is 0.733. The van der Waals surface area contributed by atoms with Gasteiger partial charge in [0.05, 0.1) is 5.69 Å². The van der Waals surface area contributed by atoms with Gasteiger partial charge in [0, 0.05) is 32.4 Å². The Hall–Kier alpha value is -2.37. The fraction of sp³-hybridized carbons (Fsp3) is 0.438. The summed E-state index contributed by atoms with van der Waals surface area (Å²) in [6, 6.07) is 5.87. The van der Waals surface area contributed by atoms with Gasteiger partial charge in [0.1, 0.15) is 5.82 Å². The number of amides is 1. The first-order valence-corrected chi connectivity index (χ1v) is 7.55. The fourth-order valence-corrected chi connectivity index (χ4v) is 2.65. The molecule has 1 aliphatic heterocycles. The largest absolute Gasteiger partial charge is 0.438 e. The van der Waals surface area contributed by atoms with Gasteiger partial charge in [-0.1, -0.05) is 19.9 Å². The number of anilines is 1. The summed E-state index contributed by atoms with van der Waals surface area (Å²) in [6.45, 7) is 6.88. The van der Waals surface area contributed by atoms with Crippen LogP contribution in [0.25, 0.3) is 0 Å². The molecular weight excluding hydrogens is 280 g/mol. The van der Waals surface area contributed by atoms with E-state index in [1.165, 1.54) is 6.39 Å². The summed E-state index contributed by atoms with van der Waals surface area (Å²) in [4.78, 5) is 25.1. The third kappa shape index (κ3) is 2.81. The minimum atomic E-state index is -0.0677. The van der Waals surface area contributed by atoms with E-state index in [1.54, 1.807) is 6.20 Å². The van der Waals surface area contributed by atoms with Crippen LogP contribution in [0, 0.1) is 0 Å². The molecule has 0 unspecified atom stereocenters. The van der Waals surface area contributed by atoms with E-state index in [9.17, 15) is 4.79 Å². The molecule has 2 aromatic rings. The summed E-state index contributed by atoms with van der Waals surface area (Å²) in [5.74, 6) is 1.44. The van der Waals surface area contributed by atoms with E-state index in [0.29, 0.717) is 18.8 Å². The predicted molar refractivity (Wildman–Crippen MR) is 82.9 cm³/mol. The zero-order chi connectivity index (χ0) is 15.5. The van der Waals surface area contributed by atoms with Gasteiger partial charge in [0.25, 0.3) is 5.91 Å². The summed E-state index contributed by atoms with van der Waals surface area (Å²) in [6.07, 6.45) is 3.14. The number of hydrogen-bond donors (Lipinski definition) is 0. The number of aromatic nitrogens is 2. The summed E-state index contributed by atoms with van der Waals surface area (Å²) < 4.78 is 5.32. The van der Waals surface area contributed by atoms with Crippen molar-refractivity contribution in [3.8, 4) is 0 Å². The Morgan fingerprint density at radius 1 is 1.18 bits per heavy atom. The van der Waals surface area contributed by atoms with Crippen molar-refractivity contribution >= 4 is 11.7 Å². The number of carbonyl (C=O) groups excluding carboxylic acids is 1. The van der Waals surface area contributed by atoms with Crippen molar-refractivity contribution in [1.29, 1.82) is 0 Å². The number of carbonyl (C=O) groups is 1. The minimum absolute atomic E-state index is 0.0677. The molecule has 1 saturated heterocycles. The molecule has 6 nitrogen and oxygen atoms in total. The highest BCUT2D eigenvalue weighted by molar-refractivity contribution is 5.92. The van der Waals surface area contributed by atoms with Crippen molar-refractivity contribution in [1.82, 2.24) is 14.9 Å². The van der Waals surface area contributed by atoms with Crippen LogP contribution in [0.4, 0.5) is 5.82 Å². The van der Waals surface area contributed by atoms with Gasteiger partial charge in [0.15, 0.2) is 6.39 Å². The van der Waals surface area contributed by atoms with Gasteiger partial charge < -0.3 is 14.2 Å². The van der Waals surface area contributed by atoms with Crippen molar-refractivity contribution in [2.24, 2.45) is 0 Å². The first-order valence-electron chi connectivity index (χ1n) is 7.55. The molecule has 1 amide bonds. The van der Waals surface area contributed by atoms with Crippen LogP contribution in [0.15, 0.2) is 35.2 Å². The fourth-order valence-electron chi connectivity index (χ4n) is 2.65. The lowest BCUT2D eigenvalue weighted by molar-refractivity contribution is 0.0712. The highest BCUT2D eigenvalue weighted by Crippen LogP contribution is 2.20. The van der Waals surface area contributed by atoms with Crippen molar-refractivity contribution in [2.45, 2.75) is 19.8 Å². The van der Waals surface area contributed by atoms with E-state index in [-0.39, 0.29) is 11.8 Å². The molecule has 3 rings (SSSR count). The minimum Gasteiger partial charge on any atom is -0.438 e. The summed E-state index contributed by atoms with van der Waals surface area (Å²) in [5, 5.41) is 0. The Bertz CT molecular complexity index is 631. The Labute approximate surface area is 129 Å². The van der Waals surface area contributed by atoms with E-state index >= 15 is 0 Å². The van der Waals surface area contributed by atoms with E-state index < -0.39 is 0 Å². The van der Waals surface area contributed by atoms with Crippen molar-refractivity contribution in [3.63, 3.8) is 0 Å². The second-order valence-corrected chi connectivity index (χ2v) is 5.69. The lowest BCUT2D eigenvalue weighted by atomic mass is 10.1. The zero-order valence-electron chi connectivity index (χ0n) is 12.9. The van der Waals surface area contributed by atoms with Gasteiger partial charge in [-0.2, -0.15) is 0 Å². The average Bonchev–Trinajstić information content (AvgIpc) is 3.05. The molecule has 0 radical (unpaired) electrons. The number of piperazine rings is 1. The Morgan fingerprint density at radius 3 is 2.59 bits per heavy atom. The van der Waals surface area contributed by atoms with E-state index in [2.05, 4.69) is 14.9 Å². The third-order valence-electron chi connectivity index (χ3n) is 3.88. The molecule has 116 valence electrons. The Balaban J connectivity index is 1.66. The Morgan fingerprint density at radius 2 is 1.95 bits per heavy atom. The average molecular weight is 300 g/mol. The number of hydrogen-bond acceptors (Lipinski definition) is 5. The second kappa shape index (κ2) is 6.17. The molecule has 6 heteroatoms. The summed E-state index contributed by atoms with van der Waals surface area (Å²) in [7, 11) is 0. The maximum atomic E-state index is 12.6. The molecule has 0 saturated carbocycles. The smallest absolute Gasteiger partial charge is 0.291 e. The molecule has 3 heterocycles. The number of rotatable bonds is 3. The first kappa shape index (κ1) is 14.6. The van der Waals surface area contributed by atoms with E-state index in [1.807, 2.05) is 36.9 Å². The van der Waals surface area contributed by atoms with Gasteiger partial charge in [-0.15, -0.1) is 0 Å². The lowest BCUT2D eigenvalue weighted by Crippen LogP contribution is -2.49. The van der Waals surface area contributed by atoms with E-state index in [0.717, 1.165) is 24.6 Å². The predicted octanol–water partition coefficient (Wildman–Crippen LogP) is 2.16. The SMILES string of the molecule is CC(C)c1ncoc1C(=O)N1CCN(c2ccccn2)CC1. The molecule has 0 atom stereocenters. The topological polar surface area (TPSA) is 62.5 Å². The number of oxazole rings is 1. The molecule has 0 bridgehead atoms. The zero-order valence-corrected chi connectivity index (χ0v) is 12.9. The van der Waals surface area contributed by atoms with Crippen LogP contribution >= 0.6 is 0 Å². The van der Waals surface area contributed by atoms with E-state index in [4.69, 9.17) is 4.42 Å². The standard InChI is InChI=1S/C16H20N4O2/c1-12(2)14-15(22-11-18-14)16(21)20-9-7-19(8-10-20)13-5-3-4-6-17-13/h3-6,11-12H,7-10H2,1-2H3. The van der Waals surface area contributed by atoms with Gasteiger partial charge in [-0.05, 0) is 18.1 Å². The molecule has 0 aromatic carbocycles. The van der Waals surface area contributed by atoms with Crippen LogP contribution in [0.3, 0.4) is 0 Å². The molecule has 2 aromatic heterocycles. The monoisotopic (exact) mass is 300 g/mol. The van der Waals surface area contributed by atoms with Gasteiger partial charge in [-0.3, -0.25) is 4.79 Å². The summed E-state index contributed by atoms with van der Waals surface area (Å²) >= 11 is 0. The van der Waals surface area contributed by atoms with Crippen molar-refractivity contribution in [2.75, 3.05) is 31.1 Å². The van der Waals surface area contributed by atoms with Crippen LogP contribution < -0.4 is 4.90 Å². The van der Waals surface area contributed by atoms with Gasteiger partial charge in [-0.25, -0.2) is 9.97 Å². The lowest BCUT2D eigenvalue weighted by Gasteiger charge is -2.35. The second-order valence-electron chi connectivity index (χ2n) is 5.69. The van der Waals surface area contributed by atoms with Crippen LogP contribution in [0.1, 0.15) is 36.0 Å². The number of pyridine rings is 1. The molecule has 0 spiro atoms. The molecular formula is C16H20N4O2. The normalized spacial score (nSPS) is 15.4. The molecule has 0 aliphatic carbocycles. The van der Waals surface area contributed by atoms with Gasteiger partial charge in [0.2, 0.25) is 5.76 Å². The highest BCUT2D eigenvalue weighted by Gasteiger charge is 2.27. The van der Waals surface area contributed by atoms with Crippen molar-refractivity contribution < 1.29 is 9.21 Å². The molecule has 22 heavy (non-hydrogen) atoms. The Kier molecular flexibility index (Phi) is 4.09. The van der Waals surface area contributed by atoms with Crippen LogP contribution in [-0.2, 0) is 0 Å². The van der Waals surface area contributed by atoms with Crippen molar-refractivity contribution in [3.05, 3.63) is 42.2 Å². The molecule has 0 N–H and O–H groups in total. The quantitative estimate of drug-likeness (QED) is 0.869. The number of nitrogens with zero attached hydrogens (tertiary/aromatic N) is 4. The molecule has 1 fully saturated rings. The van der Waals surface area contributed by atoms with Crippen LogP contribution in [-0.4, -0.2) is 47.0 Å². The highest BCUT2D eigenvalue weighted by atomic mass is 16.3.